The van der Waals surface area contributed by atoms with Crippen LogP contribution in [-0.4, -0.2) is 5.91 Å². The minimum atomic E-state index is -0.409. The van der Waals surface area contributed by atoms with E-state index in [1.54, 1.807) is 0 Å². The fourth-order valence-corrected chi connectivity index (χ4v) is 0.285. The van der Waals surface area contributed by atoms with Crippen LogP contribution in [0.5, 0.6) is 0 Å². The molecule has 1 amide bonds. The maximum absolute atomic E-state index is 10.1. The van der Waals surface area contributed by atoms with Crippen LogP contribution in [0, 0.1) is 5.75 Å². The standard InChI is InChI=1S/C4H4NO2P/c1-2-4(6)5-3-8-7/h2H,1H2,(H,5,6). The molecule has 0 spiro atoms. The molecule has 0 rings (SSSR count). The summed E-state index contributed by atoms with van der Waals surface area (Å²) in [4.78, 5) is 10.1. The van der Waals surface area contributed by atoms with Gasteiger partial charge in [0, 0.05) is 0 Å². The van der Waals surface area contributed by atoms with Gasteiger partial charge in [-0.1, -0.05) is 0 Å². The van der Waals surface area contributed by atoms with Crippen molar-refractivity contribution in [2.45, 2.75) is 0 Å². The van der Waals surface area contributed by atoms with Gasteiger partial charge in [0.2, 0.25) is 0 Å². The molecule has 0 aliphatic rings. The third-order valence-electron chi connectivity index (χ3n) is 0.410. The van der Waals surface area contributed by atoms with E-state index in [2.05, 4.69) is 11.9 Å². The Morgan fingerprint density at radius 2 is 2.50 bits per heavy atom. The van der Waals surface area contributed by atoms with Gasteiger partial charge in [-0.2, -0.15) is 0 Å². The van der Waals surface area contributed by atoms with E-state index in [0.717, 1.165) is 6.08 Å². The number of carbonyl (C=O) groups is 1. The van der Waals surface area contributed by atoms with Crippen molar-refractivity contribution in [1.29, 1.82) is 0 Å². The van der Waals surface area contributed by atoms with E-state index in [0.29, 0.717) is 0 Å². The van der Waals surface area contributed by atoms with Gasteiger partial charge in [0.1, 0.15) is 0 Å². The van der Waals surface area contributed by atoms with Crippen molar-refractivity contribution in [3.63, 3.8) is 0 Å². The molecule has 0 aromatic carbocycles. The van der Waals surface area contributed by atoms with Crippen molar-refractivity contribution in [2.75, 3.05) is 0 Å². The Morgan fingerprint density at radius 1 is 1.88 bits per heavy atom. The summed E-state index contributed by atoms with van der Waals surface area (Å²) >= 11 is 0. The van der Waals surface area contributed by atoms with Crippen molar-refractivity contribution in [1.82, 2.24) is 5.32 Å². The van der Waals surface area contributed by atoms with Gasteiger partial charge in [0.05, 0.1) is 0 Å². The van der Waals surface area contributed by atoms with Crippen LogP contribution in [0.1, 0.15) is 0 Å². The molecule has 0 saturated carbocycles. The van der Waals surface area contributed by atoms with E-state index >= 15 is 0 Å². The van der Waals surface area contributed by atoms with Crippen molar-refractivity contribution < 1.29 is 9.36 Å². The van der Waals surface area contributed by atoms with E-state index in [-0.39, 0.29) is 7.92 Å². The molecular weight excluding hydrogens is 125 g/mol. The molecule has 0 saturated heterocycles. The first-order valence-corrected chi connectivity index (χ1v) is 2.62. The Bertz CT molecular complexity index is 191. The zero-order valence-electron chi connectivity index (χ0n) is 4.05. The van der Waals surface area contributed by atoms with Crippen LogP contribution >= 0.6 is 7.92 Å². The van der Waals surface area contributed by atoms with Crippen LogP contribution in [0.2, 0.25) is 0 Å². The first kappa shape index (κ1) is 7.22. The Hall–Kier alpha value is -0.780. The third kappa shape index (κ3) is 3.41. The summed E-state index contributed by atoms with van der Waals surface area (Å²) in [6.45, 7) is 3.16. The molecule has 0 aliphatic heterocycles. The molecule has 0 aromatic heterocycles. The van der Waals surface area contributed by atoms with Crippen molar-refractivity contribution in [2.24, 2.45) is 0 Å². The van der Waals surface area contributed by atoms with Crippen molar-refractivity contribution >= 4 is 13.8 Å². The second-order valence-electron chi connectivity index (χ2n) is 0.896. The minimum absolute atomic E-state index is 0.330. The van der Waals surface area contributed by atoms with Gasteiger partial charge in [-0.25, -0.2) is 0 Å². The molecule has 1 N–H and O–H groups in total. The van der Waals surface area contributed by atoms with E-state index in [1.165, 1.54) is 0 Å². The SMILES string of the molecule is C=CC(=O)NC#P=O. The second kappa shape index (κ2) is 4.38. The molecule has 3 nitrogen and oxygen atoms in total. The van der Waals surface area contributed by atoms with Gasteiger partial charge < -0.3 is 0 Å². The van der Waals surface area contributed by atoms with Crippen molar-refractivity contribution in [3.05, 3.63) is 12.7 Å². The van der Waals surface area contributed by atoms with E-state index in [9.17, 15) is 9.36 Å². The Balaban J connectivity index is 3.67. The molecular formula is C4H4NO2P. The summed E-state index contributed by atoms with van der Waals surface area (Å²) in [5, 5.41) is 2.05. The summed E-state index contributed by atoms with van der Waals surface area (Å²) in [5.74, 6) is 1.64. The van der Waals surface area contributed by atoms with Crippen molar-refractivity contribution in [3.8, 4) is 5.75 Å². The van der Waals surface area contributed by atoms with Crippen LogP contribution < -0.4 is 5.32 Å². The van der Waals surface area contributed by atoms with Gasteiger partial charge in [-0.15, -0.1) is 0 Å². The fraction of sp³-hybridized carbons (Fsp3) is 0. The predicted octanol–water partition coefficient (Wildman–Crippen LogP) is 0.497. The quantitative estimate of drug-likeness (QED) is 0.318. The van der Waals surface area contributed by atoms with E-state index < -0.39 is 5.91 Å². The second-order valence-corrected chi connectivity index (χ2v) is 1.30. The number of carbonyl (C=O) groups excluding carboxylic acids is 1. The molecule has 0 radical (unpaired) electrons. The number of hydrogen-bond acceptors (Lipinski definition) is 2. The molecule has 0 unspecified atom stereocenters. The summed E-state index contributed by atoms with van der Waals surface area (Å²) in [6, 6.07) is 0. The Kier molecular flexibility index (Phi) is 3.95. The molecule has 0 heterocycles. The summed E-state index contributed by atoms with van der Waals surface area (Å²) < 4.78 is 9.56. The van der Waals surface area contributed by atoms with Crippen LogP contribution in [0.4, 0.5) is 0 Å². The van der Waals surface area contributed by atoms with Gasteiger partial charge in [0.15, 0.2) is 0 Å². The number of hydrogen-bond donors (Lipinski definition) is 1. The van der Waals surface area contributed by atoms with Gasteiger partial charge >= 0.3 is 46.9 Å². The number of rotatable bonds is 1. The zero-order chi connectivity index (χ0) is 6.41. The third-order valence-corrected chi connectivity index (χ3v) is 0.613. The summed E-state index contributed by atoms with van der Waals surface area (Å²) in [5.41, 5.74) is 0. The number of amides is 1. The van der Waals surface area contributed by atoms with Gasteiger partial charge in [-0.05, 0) is 0 Å². The Labute approximate surface area is 47.9 Å². The average molecular weight is 129 g/mol. The molecule has 0 aliphatic carbocycles. The van der Waals surface area contributed by atoms with Crippen LogP contribution in [0.25, 0.3) is 0 Å². The average Bonchev–Trinajstić information content (AvgIpc) is 1.83. The van der Waals surface area contributed by atoms with Crippen LogP contribution in [-0.2, 0) is 9.36 Å². The summed E-state index contributed by atoms with van der Waals surface area (Å²) in [7, 11) is -0.330. The summed E-state index contributed by atoms with van der Waals surface area (Å²) in [6.07, 6.45) is 1.07. The molecule has 0 atom stereocenters. The number of nitrogens with one attached hydrogen (secondary N) is 1. The predicted molar refractivity (Wildman–Crippen MR) is 29.8 cm³/mol. The van der Waals surface area contributed by atoms with E-state index in [1.807, 2.05) is 5.75 Å². The first-order chi connectivity index (χ1) is 3.81. The van der Waals surface area contributed by atoms with Crippen LogP contribution in [0.15, 0.2) is 12.7 Å². The topological polar surface area (TPSA) is 46.2 Å². The zero-order valence-corrected chi connectivity index (χ0v) is 4.94. The normalized spacial score (nSPS) is 6.50. The van der Waals surface area contributed by atoms with Gasteiger partial charge in [0.25, 0.3) is 0 Å². The molecule has 0 fully saturated rings. The Morgan fingerprint density at radius 3 is 2.88 bits per heavy atom. The first-order valence-electron chi connectivity index (χ1n) is 1.81. The molecule has 4 heteroatoms. The van der Waals surface area contributed by atoms with Gasteiger partial charge in [-0.3, -0.25) is 0 Å². The fourth-order valence-electron chi connectivity index (χ4n) is 0.129. The van der Waals surface area contributed by atoms with Crippen LogP contribution in [0.3, 0.4) is 0 Å². The monoisotopic (exact) mass is 129 g/mol. The maximum atomic E-state index is 10.1. The molecule has 8 heavy (non-hydrogen) atoms. The molecule has 0 aromatic rings. The molecule has 0 bridgehead atoms. The van der Waals surface area contributed by atoms with E-state index in [4.69, 9.17) is 0 Å². The molecule has 42 valence electrons.